The SMILES string of the molecule is Cc1cc(C(C)(C)C)ccc1Oc1ncc(C#N)cc1N. The summed E-state index contributed by atoms with van der Waals surface area (Å²) in [4.78, 5) is 4.09. The highest BCUT2D eigenvalue weighted by atomic mass is 16.5. The molecule has 0 saturated heterocycles. The highest BCUT2D eigenvalue weighted by Crippen LogP contribution is 2.31. The molecule has 4 heteroatoms. The maximum absolute atomic E-state index is 8.81. The van der Waals surface area contributed by atoms with Crippen LogP contribution >= 0.6 is 0 Å². The second kappa shape index (κ2) is 5.45. The Bertz CT molecular complexity index is 709. The summed E-state index contributed by atoms with van der Waals surface area (Å²) in [6, 6.07) is 9.63. The highest BCUT2D eigenvalue weighted by molar-refractivity contribution is 5.54. The number of pyridine rings is 1. The van der Waals surface area contributed by atoms with Crippen LogP contribution in [0.5, 0.6) is 11.6 Å². The van der Waals surface area contributed by atoms with Gasteiger partial charge < -0.3 is 10.5 Å². The van der Waals surface area contributed by atoms with E-state index in [9.17, 15) is 0 Å². The maximum Gasteiger partial charge on any atom is 0.242 e. The Morgan fingerprint density at radius 1 is 1.24 bits per heavy atom. The molecule has 1 aromatic heterocycles. The lowest BCUT2D eigenvalue weighted by Crippen LogP contribution is -2.11. The lowest BCUT2D eigenvalue weighted by atomic mass is 9.86. The number of anilines is 1. The molecule has 2 aromatic rings. The van der Waals surface area contributed by atoms with Crippen LogP contribution < -0.4 is 10.5 Å². The molecule has 0 amide bonds. The van der Waals surface area contributed by atoms with Crippen molar-refractivity contribution in [3.8, 4) is 17.7 Å². The van der Waals surface area contributed by atoms with Gasteiger partial charge in [-0.25, -0.2) is 4.98 Å². The van der Waals surface area contributed by atoms with E-state index in [4.69, 9.17) is 15.7 Å². The molecule has 0 aliphatic rings. The van der Waals surface area contributed by atoms with E-state index < -0.39 is 0 Å². The molecule has 0 aliphatic heterocycles. The second-order valence-corrected chi connectivity index (χ2v) is 6.06. The summed E-state index contributed by atoms with van der Waals surface area (Å²) in [5, 5.41) is 8.81. The zero-order valence-corrected chi connectivity index (χ0v) is 12.8. The van der Waals surface area contributed by atoms with Crippen molar-refractivity contribution in [1.82, 2.24) is 4.98 Å². The Morgan fingerprint density at radius 3 is 2.48 bits per heavy atom. The minimum atomic E-state index is 0.0923. The fraction of sp³-hybridized carbons (Fsp3) is 0.294. The van der Waals surface area contributed by atoms with Crippen molar-refractivity contribution in [3.05, 3.63) is 47.2 Å². The van der Waals surface area contributed by atoms with E-state index in [0.717, 1.165) is 5.56 Å². The van der Waals surface area contributed by atoms with Crippen molar-refractivity contribution < 1.29 is 4.74 Å². The van der Waals surface area contributed by atoms with E-state index >= 15 is 0 Å². The Balaban J connectivity index is 2.31. The molecule has 108 valence electrons. The normalized spacial score (nSPS) is 11.0. The summed E-state index contributed by atoms with van der Waals surface area (Å²) in [5.41, 5.74) is 8.98. The van der Waals surface area contributed by atoms with Gasteiger partial charge in [0.25, 0.3) is 0 Å². The predicted octanol–water partition coefficient (Wildman–Crippen LogP) is 3.93. The van der Waals surface area contributed by atoms with E-state index in [2.05, 4.69) is 31.8 Å². The Kier molecular flexibility index (Phi) is 3.86. The average Bonchev–Trinajstić information content (AvgIpc) is 2.41. The monoisotopic (exact) mass is 281 g/mol. The molecule has 0 aliphatic carbocycles. The van der Waals surface area contributed by atoms with Gasteiger partial charge in [-0.1, -0.05) is 32.9 Å². The largest absolute Gasteiger partial charge is 0.437 e. The molecular weight excluding hydrogens is 262 g/mol. The molecule has 1 aromatic carbocycles. The molecule has 0 radical (unpaired) electrons. The van der Waals surface area contributed by atoms with E-state index in [1.165, 1.54) is 11.8 Å². The van der Waals surface area contributed by atoms with Gasteiger partial charge in [0.05, 0.1) is 11.3 Å². The summed E-state index contributed by atoms with van der Waals surface area (Å²) in [5.74, 6) is 1.03. The number of nitrogen functional groups attached to an aromatic ring is 1. The summed E-state index contributed by atoms with van der Waals surface area (Å²) in [7, 11) is 0. The van der Waals surface area contributed by atoms with Crippen LogP contribution in [0.3, 0.4) is 0 Å². The number of benzene rings is 1. The van der Waals surface area contributed by atoms with Crippen LogP contribution in [0.2, 0.25) is 0 Å². The molecule has 2 N–H and O–H groups in total. The van der Waals surface area contributed by atoms with Crippen LogP contribution in [0, 0.1) is 18.3 Å². The topological polar surface area (TPSA) is 71.9 Å². The molecule has 0 atom stereocenters. The third-order valence-corrected chi connectivity index (χ3v) is 3.26. The molecule has 1 heterocycles. The molecule has 0 saturated carbocycles. The highest BCUT2D eigenvalue weighted by Gasteiger charge is 2.15. The van der Waals surface area contributed by atoms with Gasteiger partial charge in [-0.3, -0.25) is 0 Å². The molecule has 0 spiro atoms. The van der Waals surface area contributed by atoms with Crippen molar-refractivity contribution in [3.63, 3.8) is 0 Å². The Labute approximate surface area is 125 Å². The first kappa shape index (κ1) is 14.9. The number of hydrogen-bond donors (Lipinski definition) is 1. The number of nitriles is 1. The minimum absolute atomic E-state index is 0.0923. The molecular formula is C17H19N3O. The zero-order valence-electron chi connectivity index (χ0n) is 12.8. The van der Waals surface area contributed by atoms with E-state index in [-0.39, 0.29) is 5.41 Å². The van der Waals surface area contributed by atoms with Crippen molar-refractivity contribution in [2.45, 2.75) is 33.1 Å². The van der Waals surface area contributed by atoms with Gasteiger partial charge >= 0.3 is 0 Å². The molecule has 4 nitrogen and oxygen atoms in total. The van der Waals surface area contributed by atoms with Crippen LogP contribution in [-0.4, -0.2) is 4.98 Å². The van der Waals surface area contributed by atoms with Gasteiger partial charge in [-0.2, -0.15) is 5.26 Å². The number of aryl methyl sites for hydroxylation is 1. The molecule has 2 rings (SSSR count). The standard InChI is InChI=1S/C17H19N3O/c1-11-7-13(17(2,3)4)5-6-15(11)21-16-14(19)8-12(9-18)10-20-16/h5-8,10H,19H2,1-4H3. The van der Waals surface area contributed by atoms with Crippen LogP contribution in [0.15, 0.2) is 30.5 Å². The van der Waals surface area contributed by atoms with Crippen molar-refractivity contribution in [2.75, 3.05) is 5.73 Å². The van der Waals surface area contributed by atoms with Crippen LogP contribution in [0.4, 0.5) is 5.69 Å². The number of aromatic nitrogens is 1. The quantitative estimate of drug-likeness (QED) is 0.905. The third-order valence-electron chi connectivity index (χ3n) is 3.26. The Morgan fingerprint density at radius 2 is 1.95 bits per heavy atom. The molecule has 0 fully saturated rings. The van der Waals surface area contributed by atoms with Gasteiger partial charge in [-0.15, -0.1) is 0 Å². The maximum atomic E-state index is 8.81. The van der Waals surface area contributed by atoms with Gasteiger partial charge in [0.2, 0.25) is 5.88 Å². The first-order chi connectivity index (χ1) is 9.81. The lowest BCUT2D eigenvalue weighted by Gasteiger charge is -2.20. The van der Waals surface area contributed by atoms with E-state index in [1.54, 1.807) is 6.07 Å². The summed E-state index contributed by atoms with van der Waals surface area (Å²) in [6.45, 7) is 8.50. The predicted molar refractivity (Wildman–Crippen MR) is 83.3 cm³/mol. The zero-order chi connectivity index (χ0) is 15.6. The van der Waals surface area contributed by atoms with Crippen LogP contribution in [-0.2, 0) is 5.41 Å². The van der Waals surface area contributed by atoms with Crippen LogP contribution in [0.25, 0.3) is 0 Å². The number of nitrogens with zero attached hydrogens (tertiary/aromatic N) is 2. The third kappa shape index (κ3) is 3.32. The van der Waals surface area contributed by atoms with Crippen molar-refractivity contribution in [2.24, 2.45) is 0 Å². The van der Waals surface area contributed by atoms with Crippen LogP contribution in [0.1, 0.15) is 37.5 Å². The average molecular weight is 281 g/mol. The minimum Gasteiger partial charge on any atom is -0.437 e. The van der Waals surface area contributed by atoms with E-state index in [0.29, 0.717) is 22.9 Å². The summed E-state index contributed by atoms with van der Waals surface area (Å²) < 4.78 is 5.76. The summed E-state index contributed by atoms with van der Waals surface area (Å²) in [6.07, 6.45) is 1.45. The smallest absolute Gasteiger partial charge is 0.242 e. The fourth-order valence-electron chi connectivity index (χ4n) is 1.95. The number of nitrogens with two attached hydrogens (primary N) is 1. The van der Waals surface area contributed by atoms with Crippen molar-refractivity contribution >= 4 is 5.69 Å². The second-order valence-electron chi connectivity index (χ2n) is 6.06. The number of hydrogen-bond acceptors (Lipinski definition) is 4. The first-order valence-corrected chi connectivity index (χ1v) is 6.76. The first-order valence-electron chi connectivity index (χ1n) is 6.76. The fourth-order valence-corrected chi connectivity index (χ4v) is 1.95. The van der Waals surface area contributed by atoms with E-state index in [1.807, 2.05) is 25.1 Å². The van der Waals surface area contributed by atoms with Crippen molar-refractivity contribution in [1.29, 1.82) is 5.26 Å². The Hall–Kier alpha value is -2.54. The van der Waals surface area contributed by atoms with Gasteiger partial charge in [0.1, 0.15) is 11.8 Å². The van der Waals surface area contributed by atoms with Gasteiger partial charge in [-0.05, 0) is 35.6 Å². The molecule has 21 heavy (non-hydrogen) atoms. The molecule has 0 unspecified atom stereocenters. The number of rotatable bonds is 2. The lowest BCUT2D eigenvalue weighted by molar-refractivity contribution is 0.461. The number of ether oxygens (including phenoxy) is 1. The molecule has 0 bridgehead atoms. The summed E-state index contributed by atoms with van der Waals surface area (Å²) >= 11 is 0. The van der Waals surface area contributed by atoms with Gasteiger partial charge in [0, 0.05) is 6.20 Å². The van der Waals surface area contributed by atoms with Gasteiger partial charge in [0.15, 0.2) is 0 Å².